The van der Waals surface area contributed by atoms with Crippen LogP contribution in [0.1, 0.15) is 24.0 Å². The maximum absolute atomic E-state index is 12.3. The van der Waals surface area contributed by atoms with Crippen LogP contribution >= 0.6 is 0 Å². The summed E-state index contributed by atoms with van der Waals surface area (Å²) in [6.45, 7) is 6.01. The van der Waals surface area contributed by atoms with Crippen LogP contribution in [0.4, 0.5) is 0 Å². The SMILES string of the molecule is C=CC(C(=O)OCC)C(/C=C/c1ccccc1)c1ccccc1. The maximum atomic E-state index is 12.3. The highest BCUT2D eigenvalue weighted by Gasteiger charge is 2.26. The smallest absolute Gasteiger partial charge is 0.313 e. The van der Waals surface area contributed by atoms with Gasteiger partial charge in [-0.05, 0) is 18.1 Å². The molecule has 0 aromatic heterocycles. The highest BCUT2D eigenvalue weighted by molar-refractivity contribution is 5.76. The first-order valence-electron chi connectivity index (χ1n) is 7.83. The summed E-state index contributed by atoms with van der Waals surface area (Å²) in [5.74, 6) is -0.751. The number of hydrogen-bond acceptors (Lipinski definition) is 2. The summed E-state index contributed by atoms with van der Waals surface area (Å²) in [7, 11) is 0. The molecule has 0 aliphatic heterocycles. The van der Waals surface area contributed by atoms with Gasteiger partial charge in [0.15, 0.2) is 0 Å². The second-order valence-corrected chi connectivity index (χ2v) is 5.22. The van der Waals surface area contributed by atoms with Crippen LogP contribution in [0.3, 0.4) is 0 Å². The largest absolute Gasteiger partial charge is 0.466 e. The van der Waals surface area contributed by atoms with Gasteiger partial charge in [0.2, 0.25) is 0 Å². The van der Waals surface area contributed by atoms with Gasteiger partial charge in [-0.15, -0.1) is 6.58 Å². The summed E-state index contributed by atoms with van der Waals surface area (Å²) in [6, 6.07) is 20.0. The predicted octanol–water partition coefficient (Wildman–Crippen LogP) is 4.85. The van der Waals surface area contributed by atoms with Crippen LogP contribution in [-0.2, 0) is 9.53 Å². The summed E-state index contributed by atoms with van der Waals surface area (Å²) in [5.41, 5.74) is 2.16. The Kier molecular flexibility index (Phi) is 6.37. The Labute approximate surface area is 138 Å². The van der Waals surface area contributed by atoms with E-state index < -0.39 is 5.92 Å². The van der Waals surface area contributed by atoms with Crippen LogP contribution in [-0.4, -0.2) is 12.6 Å². The van der Waals surface area contributed by atoms with E-state index in [4.69, 9.17) is 4.74 Å². The zero-order valence-corrected chi connectivity index (χ0v) is 13.4. The fourth-order valence-corrected chi connectivity index (χ4v) is 2.52. The molecular formula is C21H22O2. The van der Waals surface area contributed by atoms with Crippen LogP contribution in [0.25, 0.3) is 6.08 Å². The number of benzene rings is 2. The lowest BCUT2D eigenvalue weighted by molar-refractivity contribution is -0.146. The van der Waals surface area contributed by atoms with Crippen LogP contribution in [0, 0.1) is 5.92 Å². The van der Waals surface area contributed by atoms with Crippen molar-refractivity contribution in [1.82, 2.24) is 0 Å². The zero-order valence-electron chi connectivity index (χ0n) is 13.4. The summed E-state index contributed by atoms with van der Waals surface area (Å²) in [4.78, 5) is 12.3. The van der Waals surface area contributed by atoms with Gasteiger partial charge in [-0.2, -0.15) is 0 Å². The van der Waals surface area contributed by atoms with E-state index >= 15 is 0 Å². The van der Waals surface area contributed by atoms with Crippen molar-refractivity contribution >= 4 is 12.0 Å². The normalized spacial score (nSPS) is 13.4. The first-order valence-corrected chi connectivity index (χ1v) is 7.83. The number of carbonyl (C=O) groups excluding carboxylic acids is 1. The Bertz CT molecular complexity index is 644. The van der Waals surface area contributed by atoms with Gasteiger partial charge in [0.25, 0.3) is 0 Å². The van der Waals surface area contributed by atoms with Crippen molar-refractivity contribution in [3.63, 3.8) is 0 Å². The Hall–Kier alpha value is -2.61. The third-order valence-electron chi connectivity index (χ3n) is 3.68. The lowest BCUT2D eigenvalue weighted by atomic mass is 9.85. The topological polar surface area (TPSA) is 26.3 Å². The quantitative estimate of drug-likeness (QED) is 0.540. The number of esters is 1. The summed E-state index contributed by atoms with van der Waals surface area (Å²) >= 11 is 0. The fraction of sp³-hybridized carbons (Fsp3) is 0.190. The molecule has 118 valence electrons. The highest BCUT2D eigenvalue weighted by atomic mass is 16.5. The standard InChI is InChI=1S/C21H22O2/c1-3-19(21(22)23-4-2)20(18-13-9-6-10-14-18)16-15-17-11-7-5-8-12-17/h3,5-16,19-20H,1,4H2,2H3/b16-15+. The first-order chi connectivity index (χ1) is 11.3. The van der Waals surface area contributed by atoms with Crippen molar-refractivity contribution in [2.24, 2.45) is 5.92 Å². The lowest BCUT2D eigenvalue weighted by Gasteiger charge is -2.20. The van der Waals surface area contributed by atoms with Crippen molar-refractivity contribution in [3.8, 4) is 0 Å². The minimum absolute atomic E-state index is 0.104. The van der Waals surface area contributed by atoms with E-state index in [1.54, 1.807) is 6.08 Å². The molecule has 0 saturated carbocycles. The Balaban J connectivity index is 2.33. The molecule has 0 aliphatic carbocycles. The number of allylic oxidation sites excluding steroid dienone is 1. The molecule has 0 amide bonds. The molecule has 0 bridgehead atoms. The van der Waals surface area contributed by atoms with Gasteiger partial charge < -0.3 is 4.74 Å². The molecule has 2 heteroatoms. The zero-order chi connectivity index (χ0) is 16.5. The molecule has 0 saturated heterocycles. The second-order valence-electron chi connectivity index (χ2n) is 5.22. The molecule has 0 spiro atoms. The highest BCUT2D eigenvalue weighted by Crippen LogP contribution is 2.29. The van der Waals surface area contributed by atoms with Gasteiger partial charge in [0.05, 0.1) is 12.5 Å². The van der Waals surface area contributed by atoms with Gasteiger partial charge in [-0.3, -0.25) is 4.79 Å². The van der Waals surface area contributed by atoms with E-state index in [9.17, 15) is 4.79 Å². The molecule has 2 unspecified atom stereocenters. The van der Waals surface area contributed by atoms with Crippen molar-refractivity contribution in [2.45, 2.75) is 12.8 Å². The van der Waals surface area contributed by atoms with E-state index in [0.29, 0.717) is 6.61 Å². The van der Waals surface area contributed by atoms with E-state index in [2.05, 4.69) is 6.58 Å². The minimum Gasteiger partial charge on any atom is -0.466 e. The second kappa shape index (κ2) is 8.74. The first kappa shape index (κ1) is 16.8. The number of ether oxygens (including phenoxy) is 1. The van der Waals surface area contributed by atoms with Crippen molar-refractivity contribution in [2.75, 3.05) is 6.61 Å². The maximum Gasteiger partial charge on any atom is 0.313 e. The Morgan fingerprint density at radius 1 is 1.09 bits per heavy atom. The van der Waals surface area contributed by atoms with Crippen LogP contribution in [0.15, 0.2) is 79.4 Å². The summed E-state index contributed by atoms with van der Waals surface area (Å²) < 4.78 is 5.21. The molecule has 0 aliphatic rings. The Morgan fingerprint density at radius 2 is 1.70 bits per heavy atom. The molecule has 0 fully saturated rings. The number of hydrogen-bond donors (Lipinski definition) is 0. The average Bonchev–Trinajstić information content (AvgIpc) is 2.60. The van der Waals surface area contributed by atoms with E-state index in [0.717, 1.165) is 11.1 Å². The predicted molar refractivity (Wildman–Crippen MR) is 95.0 cm³/mol. The minimum atomic E-state index is -0.405. The molecule has 2 aromatic carbocycles. The molecular weight excluding hydrogens is 284 g/mol. The Morgan fingerprint density at radius 3 is 2.26 bits per heavy atom. The van der Waals surface area contributed by atoms with E-state index in [-0.39, 0.29) is 11.9 Å². The monoisotopic (exact) mass is 306 g/mol. The lowest BCUT2D eigenvalue weighted by Crippen LogP contribution is -2.21. The molecule has 2 atom stereocenters. The summed E-state index contributed by atoms with van der Waals surface area (Å²) in [5, 5.41) is 0. The van der Waals surface area contributed by atoms with Crippen molar-refractivity contribution < 1.29 is 9.53 Å². The van der Waals surface area contributed by atoms with Crippen LogP contribution in [0.5, 0.6) is 0 Å². The van der Waals surface area contributed by atoms with Crippen LogP contribution < -0.4 is 0 Å². The number of carbonyl (C=O) groups is 1. The van der Waals surface area contributed by atoms with E-state index in [1.165, 1.54) is 0 Å². The number of rotatable bonds is 7. The molecule has 2 aromatic rings. The average molecular weight is 306 g/mol. The van der Waals surface area contributed by atoms with Gasteiger partial charge in [0.1, 0.15) is 0 Å². The van der Waals surface area contributed by atoms with Gasteiger partial charge >= 0.3 is 5.97 Å². The van der Waals surface area contributed by atoms with Crippen LogP contribution in [0.2, 0.25) is 0 Å². The van der Waals surface area contributed by atoms with Gasteiger partial charge in [0, 0.05) is 5.92 Å². The van der Waals surface area contributed by atoms with Gasteiger partial charge in [-0.25, -0.2) is 0 Å². The molecule has 2 rings (SSSR count). The van der Waals surface area contributed by atoms with Crippen molar-refractivity contribution in [3.05, 3.63) is 90.5 Å². The third kappa shape index (κ3) is 4.68. The van der Waals surface area contributed by atoms with Crippen molar-refractivity contribution in [1.29, 1.82) is 0 Å². The molecule has 2 nitrogen and oxygen atoms in total. The third-order valence-corrected chi connectivity index (χ3v) is 3.68. The van der Waals surface area contributed by atoms with Gasteiger partial charge in [-0.1, -0.05) is 78.9 Å². The molecule has 0 heterocycles. The fourth-order valence-electron chi connectivity index (χ4n) is 2.52. The summed E-state index contributed by atoms with van der Waals surface area (Å²) in [6.07, 6.45) is 5.76. The molecule has 0 N–H and O–H groups in total. The molecule has 0 radical (unpaired) electrons. The molecule has 23 heavy (non-hydrogen) atoms. The van der Waals surface area contributed by atoms with E-state index in [1.807, 2.05) is 79.7 Å².